The summed E-state index contributed by atoms with van der Waals surface area (Å²) in [5.74, 6) is 1.11. The molecule has 6 heteroatoms. The van der Waals surface area contributed by atoms with E-state index in [1.54, 1.807) is 12.1 Å². The summed E-state index contributed by atoms with van der Waals surface area (Å²) in [6.07, 6.45) is 2.17. The zero-order valence-corrected chi connectivity index (χ0v) is 13.6. The first kappa shape index (κ1) is 15.7. The number of hydrogen-bond donors (Lipinski definition) is 1. The molecule has 0 amide bonds. The van der Waals surface area contributed by atoms with Gasteiger partial charge in [0.2, 0.25) is 0 Å². The van der Waals surface area contributed by atoms with Gasteiger partial charge in [-0.25, -0.2) is 4.98 Å². The topological polar surface area (TPSA) is 73.4 Å². The number of nitrogens with one attached hydrogen (secondary N) is 1. The van der Waals surface area contributed by atoms with Crippen molar-refractivity contribution in [3.05, 3.63) is 64.7 Å². The molecule has 0 spiro atoms. The molecule has 128 valence electrons. The molecule has 1 unspecified atom stereocenters. The van der Waals surface area contributed by atoms with Crippen LogP contribution in [0.5, 0.6) is 11.5 Å². The number of rotatable bonds is 5. The number of benzene rings is 2. The van der Waals surface area contributed by atoms with Gasteiger partial charge in [-0.15, -0.1) is 0 Å². The van der Waals surface area contributed by atoms with Gasteiger partial charge in [0.15, 0.2) is 11.5 Å². The van der Waals surface area contributed by atoms with Gasteiger partial charge in [-0.2, -0.15) is 0 Å². The molecule has 1 aromatic heterocycles. The third kappa shape index (κ3) is 3.49. The van der Waals surface area contributed by atoms with E-state index in [1.807, 2.05) is 30.3 Å². The fraction of sp³-hybridized carbons (Fsp3) is 0.263. The molecular formula is C19H18N2O4. The average Bonchev–Trinajstić information content (AvgIpc) is 3.15. The van der Waals surface area contributed by atoms with Gasteiger partial charge < -0.3 is 19.2 Å². The quantitative estimate of drug-likeness (QED) is 0.774. The highest BCUT2D eigenvalue weighted by molar-refractivity contribution is 5.81. The molecule has 0 aliphatic carbocycles. The lowest BCUT2D eigenvalue weighted by Crippen LogP contribution is -2.17. The molecule has 1 saturated heterocycles. The Morgan fingerprint density at radius 2 is 2.08 bits per heavy atom. The summed E-state index contributed by atoms with van der Waals surface area (Å²) in [4.78, 5) is 18.8. The Bertz CT molecular complexity index is 918. The van der Waals surface area contributed by atoms with Crippen molar-refractivity contribution in [2.24, 2.45) is 0 Å². The second-order valence-electron chi connectivity index (χ2n) is 5.93. The molecule has 2 heterocycles. The Morgan fingerprint density at radius 1 is 1.20 bits per heavy atom. The van der Waals surface area contributed by atoms with Gasteiger partial charge in [0.1, 0.15) is 12.7 Å². The highest BCUT2D eigenvalue weighted by atomic mass is 16.6. The van der Waals surface area contributed by atoms with Crippen LogP contribution >= 0.6 is 0 Å². The van der Waals surface area contributed by atoms with Crippen LogP contribution in [0.1, 0.15) is 12.0 Å². The largest absolute Gasteiger partial charge is 0.485 e. The van der Waals surface area contributed by atoms with Crippen LogP contribution in [0, 0.1) is 0 Å². The lowest BCUT2D eigenvalue weighted by atomic mass is 10.2. The Hall–Kier alpha value is -2.86. The van der Waals surface area contributed by atoms with Crippen LogP contribution in [-0.4, -0.2) is 29.3 Å². The third-order valence-electron chi connectivity index (χ3n) is 4.12. The summed E-state index contributed by atoms with van der Waals surface area (Å²) in [5, 5.41) is 0.475. The second kappa shape index (κ2) is 6.94. The van der Waals surface area contributed by atoms with Crippen molar-refractivity contribution in [1.29, 1.82) is 0 Å². The van der Waals surface area contributed by atoms with Crippen molar-refractivity contribution in [1.82, 2.24) is 9.97 Å². The maximum absolute atomic E-state index is 12.0. The van der Waals surface area contributed by atoms with Crippen LogP contribution < -0.4 is 15.0 Å². The minimum atomic E-state index is -0.202. The summed E-state index contributed by atoms with van der Waals surface area (Å²) in [6, 6.07) is 13.3. The van der Waals surface area contributed by atoms with Crippen LogP contribution in [-0.2, 0) is 11.3 Å². The maximum atomic E-state index is 12.0. The average molecular weight is 338 g/mol. The first-order valence-corrected chi connectivity index (χ1v) is 8.22. The van der Waals surface area contributed by atoms with Crippen molar-refractivity contribution >= 4 is 10.9 Å². The van der Waals surface area contributed by atoms with E-state index in [2.05, 4.69) is 9.97 Å². The fourth-order valence-corrected chi connectivity index (χ4v) is 2.80. The van der Waals surface area contributed by atoms with E-state index in [1.165, 1.54) is 6.33 Å². The Morgan fingerprint density at radius 3 is 2.88 bits per heavy atom. The van der Waals surface area contributed by atoms with Gasteiger partial charge in [-0.05, 0) is 11.6 Å². The summed E-state index contributed by atoms with van der Waals surface area (Å²) < 4.78 is 17.4. The molecule has 1 aliphatic rings. The molecule has 6 nitrogen and oxygen atoms in total. The minimum absolute atomic E-state index is 0.0349. The van der Waals surface area contributed by atoms with Crippen LogP contribution in [0.2, 0.25) is 0 Å². The van der Waals surface area contributed by atoms with Crippen molar-refractivity contribution in [3.63, 3.8) is 0 Å². The molecule has 0 bridgehead atoms. The van der Waals surface area contributed by atoms with Crippen molar-refractivity contribution in [2.75, 3.05) is 13.2 Å². The second-order valence-corrected chi connectivity index (χ2v) is 5.93. The first-order valence-electron chi connectivity index (χ1n) is 8.22. The molecule has 4 rings (SSSR count). The predicted molar refractivity (Wildman–Crippen MR) is 93.0 cm³/mol. The summed E-state index contributed by atoms with van der Waals surface area (Å²) >= 11 is 0. The Kier molecular flexibility index (Phi) is 4.35. The normalized spacial score (nSPS) is 16.9. The van der Waals surface area contributed by atoms with Gasteiger partial charge in [0.25, 0.3) is 5.56 Å². The van der Waals surface area contributed by atoms with E-state index >= 15 is 0 Å². The summed E-state index contributed by atoms with van der Waals surface area (Å²) in [5.41, 5.74) is 1.42. The molecule has 1 atom stereocenters. The molecule has 0 radical (unpaired) electrons. The number of fused-ring (bicyclic) bond motifs is 1. The lowest BCUT2D eigenvalue weighted by molar-refractivity contribution is 0.137. The van der Waals surface area contributed by atoms with Gasteiger partial charge in [0.05, 0.1) is 30.4 Å². The van der Waals surface area contributed by atoms with Crippen molar-refractivity contribution in [3.8, 4) is 11.5 Å². The number of hydrogen-bond acceptors (Lipinski definition) is 5. The highest BCUT2D eigenvalue weighted by Crippen LogP contribution is 2.33. The van der Waals surface area contributed by atoms with Crippen LogP contribution in [0.15, 0.2) is 53.6 Å². The van der Waals surface area contributed by atoms with Crippen LogP contribution in [0.25, 0.3) is 10.9 Å². The van der Waals surface area contributed by atoms with Gasteiger partial charge >= 0.3 is 0 Å². The number of ether oxygens (including phenoxy) is 3. The lowest BCUT2D eigenvalue weighted by Gasteiger charge is -2.17. The molecule has 1 fully saturated rings. The van der Waals surface area contributed by atoms with E-state index in [0.717, 1.165) is 12.0 Å². The van der Waals surface area contributed by atoms with Gasteiger partial charge in [-0.1, -0.05) is 30.3 Å². The summed E-state index contributed by atoms with van der Waals surface area (Å²) in [7, 11) is 0. The third-order valence-corrected chi connectivity index (χ3v) is 4.12. The van der Waals surface area contributed by atoms with E-state index in [0.29, 0.717) is 42.2 Å². The zero-order chi connectivity index (χ0) is 17.1. The molecule has 0 saturated carbocycles. The molecule has 3 aromatic rings. The molecular weight excluding hydrogens is 320 g/mol. The van der Waals surface area contributed by atoms with Crippen LogP contribution in [0.3, 0.4) is 0 Å². The molecule has 1 aliphatic heterocycles. The standard InChI is InChI=1S/C19H18N2O4/c22-19-15-8-18(25-14-6-7-23-11-14)17(9-16(15)20-12-21-19)24-10-13-4-2-1-3-5-13/h1-5,8-9,12,14H,6-7,10-11H2,(H,20,21,22). The first-order chi connectivity index (χ1) is 12.3. The fourth-order valence-electron chi connectivity index (χ4n) is 2.80. The summed E-state index contributed by atoms with van der Waals surface area (Å²) in [6.45, 7) is 1.63. The monoisotopic (exact) mass is 338 g/mol. The van der Waals surface area contributed by atoms with E-state index in [4.69, 9.17) is 14.2 Å². The van der Waals surface area contributed by atoms with E-state index in [9.17, 15) is 4.79 Å². The smallest absolute Gasteiger partial charge is 0.258 e. The SMILES string of the molecule is O=c1[nH]cnc2cc(OCc3ccccc3)c(OC3CCOC3)cc12. The number of aromatic nitrogens is 2. The minimum Gasteiger partial charge on any atom is -0.485 e. The predicted octanol–water partition coefficient (Wildman–Crippen LogP) is 2.67. The number of nitrogens with zero attached hydrogens (tertiary/aromatic N) is 1. The molecule has 1 N–H and O–H groups in total. The zero-order valence-electron chi connectivity index (χ0n) is 13.6. The number of H-pyrrole nitrogens is 1. The maximum Gasteiger partial charge on any atom is 0.258 e. The van der Waals surface area contributed by atoms with Gasteiger partial charge in [0, 0.05) is 12.5 Å². The van der Waals surface area contributed by atoms with Crippen LogP contribution in [0.4, 0.5) is 0 Å². The van der Waals surface area contributed by atoms with Crippen molar-refractivity contribution < 1.29 is 14.2 Å². The number of aromatic amines is 1. The van der Waals surface area contributed by atoms with Crippen molar-refractivity contribution in [2.45, 2.75) is 19.1 Å². The Labute approximate surface area is 144 Å². The van der Waals surface area contributed by atoms with E-state index in [-0.39, 0.29) is 11.7 Å². The Balaban J connectivity index is 1.67. The molecule has 25 heavy (non-hydrogen) atoms. The van der Waals surface area contributed by atoms with Gasteiger partial charge in [-0.3, -0.25) is 4.79 Å². The molecule has 2 aromatic carbocycles. The highest BCUT2D eigenvalue weighted by Gasteiger charge is 2.20. The van der Waals surface area contributed by atoms with E-state index < -0.39 is 0 Å².